The topological polar surface area (TPSA) is 55.8 Å². The molecule has 0 spiro atoms. The van der Waals surface area contributed by atoms with Gasteiger partial charge in [0.05, 0.1) is 18.8 Å². The summed E-state index contributed by atoms with van der Waals surface area (Å²) in [6.45, 7) is 5.15. The zero-order valence-corrected chi connectivity index (χ0v) is 10.2. The van der Waals surface area contributed by atoms with Crippen LogP contribution in [-0.4, -0.2) is 24.3 Å². The Balaban J connectivity index is 2.90. The van der Waals surface area contributed by atoms with Crippen LogP contribution in [-0.2, 0) is 0 Å². The number of rotatable bonds is 7. The van der Waals surface area contributed by atoms with Crippen LogP contribution in [0.1, 0.15) is 37.0 Å². The molecule has 17 heavy (non-hydrogen) atoms. The summed E-state index contributed by atoms with van der Waals surface area (Å²) in [6, 6.07) is 4.67. The van der Waals surface area contributed by atoms with Crippen LogP contribution in [0.2, 0.25) is 0 Å². The molecule has 0 heterocycles. The number of ether oxygens (including phenoxy) is 2. The van der Waals surface area contributed by atoms with Crippen LogP contribution >= 0.6 is 0 Å². The normalized spacial score (nSPS) is 10.0. The molecule has 0 aromatic heterocycles. The summed E-state index contributed by atoms with van der Waals surface area (Å²) in [5, 5.41) is 8.91. The van der Waals surface area contributed by atoms with E-state index in [9.17, 15) is 4.79 Å². The summed E-state index contributed by atoms with van der Waals surface area (Å²) in [5.74, 6) is 0.138. The number of carbonyl (C=O) groups is 1. The van der Waals surface area contributed by atoms with E-state index in [1.54, 1.807) is 6.07 Å². The van der Waals surface area contributed by atoms with Gasteiger partial charge in [0.2, 0.25) is 0 Å². The van der Waals surface area contributed by atoms with Gasteiger partial charge in [0.25, 0.3) is 0 Å². The summed E-state index contributed by atoms with van der Waals surface area (Å²) in [7, 11) is 0. The smallest absolute Gasteiger partial charge is 0.335 e. The maximum Gasteiger partial charge on any atom is 0.335 e. The SMILES string of the molecule is CCCOc1ccc(C(=O)O)cc1OCCC. The van der Waals surface area contributed by atoms with Gasteiger partial charge < -0.3 is 14.6 Å². The molecule has 0 atom stereocenters. The molecule has 1 aromatic rings. The lowest BCUT2D eigenvalue weighted by atomic mass is 10.2. The van der Waals surface area contributed by atoms with Gasteiger partial charge >= 0.3 is 5.97 Å². The van der Waals surface area contributed by atoms with Crippen LogP contribution in [0.25, 0.3) is 0 Å². The number of hydrogen-bond acceptors (Lipinski definition) is 3. The second-order valence-corrected chi connectivity index (χ2v) is 3.66. The molecule has 0 aliphatic rings. The van der Waals surface area contributed by atoms with Crippen molar-refractivity contribution in [2.45, 2.75) is 26.7 Å². The molecule has 0 aliphatic heterocycles. The van der Waals surface area contributed by atoms with Gasteiger partial charge in [-0.2, -0.15) is 0 Å². The Hall–Kier alpha value is -1.71. The van der Waals surface area contributed by atoms with Gasteiger partial charge in [0, 0.05) is 0 Å². The molecule has 1 aromatic carbocycles. The third kappa shape index (κ3) is 3.98. The Morgan fingerprint density at radius 3 is 2.24 bits per heavy atom. The molecule has 0 bridgehead atoms. The molecule has 4 nitrogen and oxygen atoms in total. The summed E-state index contributed by atoms with van der Waals surface area (Å²) in [6.07, 6.45) is 1.76. The van der Waals surface area contributed by atoms with Crippen molar-refractivity contribution in [3.05, 3.63) is 23.8 Å². The van der Waals surface area contributed by atoms with Crippen molar-refractivity contribution in [2.75, 3.05) is 13.2 Å². The minimum atomic E-state index is -0.964. The highest BCUT2D eigenvalue weighted by atomic mass is 16.5. The Morgan fingerprint density at radius 1 is 1.12 bits per heavy atom. The van der Waals surface area contributed by atoms with E-state index in [0.29, 0.717) is 24.7 Å². The molecule has 1 rings (SSSR count). The average molecular weight is 238 g/mol. The summed E-state index contributed by atoms with van der Waals surface area (Å²) in [4.78, 5) is 10.9. The molecule has 0 fully saturated rings. The van der Waals surface area contributed by atoms with Gasteiger partial charge in [0.15, 0.2) is 11.5 Å². The van der Waals surface area contributed by atoms with Gasteiger partial charge in [-0.15, -0.1) is 0 Å². The molecule has 0 aliphatic carbocycles. The van der Waals surface area contributed by atoms with E-state index in [1.807, 2.05) is 13.8 Å². The van der Waals surface area contributed by atoms with Crippen LogP contribution in [0.15, 0.2) is 18.2 Å². The lowest BCUT2D eigenvalue weighted by Crippen LogP contribution is -2.03. The molecule has 0 saturated carbocycles. The molecule has 4 heteroatoms. The zero-order chi connectivity index (χ0) is 12.7. The van der Waals surface area contributed by atoms with Crippen molar-refractivity contribution in [1.82, 2.24) is 0 Å². The molecule has 1 N–H and O–H groups in total. The van der Waals surface area contributed by atoms with Crippen molar-refractivity contribution >= 4 is 5.97 Å². The number of aromatic carboxylic acids is 1. The van der Waals surface area contributed by atoms with Crippen molar-refractivity contribution in [3.8, 4) is 11.5 Å². The zero-order valence-electron chi connectivity index (χ0n) is 10.2. The Kier molecular flexibility index (Phi) is 5.33. The first kappa shape index (κ1) is 13.4. The van der Waals surface area contributed by atoms with Crippen LogP contribution < -0.4 is 9.47 Å². The van der Waals surface area contributed by atoms with Gasteiger partial charge in [-0.1, -0.05) is 13.8 Å². The highest BCUT2D eigenvalue weighted by molar-refractivity contribution is 5.88. The van der Waals surface area contributed by atoms with Gasteiger partial charge in [0.1, 0.15) is 0 Å². The van der Waals surface area contributed by atoms with Crippen LogP contribution in [0.4, 0.5) is 0 Å². The first-order valence-electron chi connectivity index (χ1n) is 5.82. The molecule has 0 radical (unpaired) electrons. The molecule has 0 saturated heterocycles. The maximum absolute atomic E-state index is 10.9. The lowest BCUT2D eigenvalue weighted by molar-refractivity contribution is 0.0696. The number of carboxylic acids is 1. The monoisotopic (exact) mass is 238 g/mol. The highest BCUT2D eigenvalue weighted by Crippen LogP contribution is 2.28. The van der Waals surface area contributed by atoms with E-state index in [2.05, 4.69) is 0 Å². The van der Waals surface area contributed by atoms with Crippen molar-refractivity contribution < 1.29 is 19.4 Å². The Morgan fingerprint density at radius 2 is 1.71 bits per heavy atom. The van der Waals surface area contributed by atoms with Crippen LogP contribution in [0, 0.1) is 0 Å². The first-order valence-corrected chi connectivity index (χ1v) is 5.82. The van der Waals surface area contributed by atoms with E-state index in [1.165, 1.54) is 12.1 Å². The van der Waals surface area contributed by atoms with E-state index in [4.69, 9.17) is 14.6 Å². The molecular weight excluding hydrogens is 220 g/mol. The molecular formula is C13H18O4. The van der Waals surface area contributed by atoms with Crippen molar-refractivity contribution in [2.24, 2.45) is 0 Å². The first-order chi connectivity index (χ1) is 8.19. The fourth-order valence-electron chi connectivity index (χ4n) is 1.30. The Labute approximate surface area is 101 Å². The summed E-state index contributed by atoms with van der Waals surface area (Å²) < 4.78 is 11.0. The predicted molar refractivity (Wildman–Crippen MR) is 65.0 cm³/mol. The van der Waals surface area contributed by atoms with E-state index < -0.39 is 5.97 Å². The van der Waals surface area contributed by atoms with E-state index >= 15 is 0 Å². The fourth-order valence-corrected chi connectivity index (χ4v) is 1.30. The fraction of sp³-hybridized carbons (Fsp3) is 0.462. The highest BCUT2D eigenvalue weighted by Gasteiger charge is 2.10. The predicted octanol–water partition coefficient (Wildman–Crippen LogP) is 2.96. The second kappa shape index (κ2) is 6.78. The maximum atomic E-state index is 10.9. The second-order valence-electron chi connectivity index (χ2n) is 3.66. The lowest BCUT2D eigenvalue weighted by Gasteiger charge is -2.12. The van der Waals surface area contributed by atoms with Crippen molar-refractivity contribution in [1.29, 1.82) is 0 Å². The largest absolute Gasteiger partial charge is 0.490 e. The average Bonchev–Trinajstić information content (AvgIpc) is 2.34. The van der Waals surface area contributed by atoms with Gasteiger partial charge in [-0.05, 0) is 31.0 Å². The summed E-state index contributed by atoms with van der Waals surface area (Å²) in [5.41, 5.74) is 0.208. The molecule has 0 amide bonds. The van der Waals surface area contributed by atoms with E-state index in [-0.39, 0.29) is 5.56 Å². The van der Waals surface area contributed by atoms with Gasteiger partial charge in [-0.25, -0.2) is 4.79 Å². The molecule has 94 valence electrons. The third-order valence-electron chi connectivity index (χ3n) is 2.11. The van der Waals surface area contributed by atoms with Crippen molar-refractivity contribution in [3.63, 3.8) is 0 Å². The summed E-state index contributed by atoms with van der Waals surface area (Å²) >= 11 is 0. The van der Waals surface area contributed by atoms with E-state index in [0.717, 1.165) is 12.8 Å². The van der Waals surface area contributed by atoms with Crippen LogP contribution in [0.5, 0.6) is 11.5 Å². The number of hydrogen-bond donors (Lipinski definition) is 1. The minimum absolute atomic E-state index is 0.208. The quantitative estimate of drug-likeness (QED) is 0.793. The minimum Gasteiger partial charge on any atom is -0.490 e. The standard InChI is InChI=1S/C13H18O4/c1-3-7-16-11-6-5-10(13(14)15)9-12(11)17-8-4-2/h5-6,9H,3-4,7-8H2,1-2H3,(H,14,15). The van der Waals surface area contributed by atoms with Gasteiger partial charge in [-0.3, -0.25) is 0 Å². The number of carboxylic acid groups (broad SMARTS) is 1. The molecule has 0 unspecified atom stereocenters. The third-order valence-corrected chi connectivity index (χ3v) is 2.11. The number of benzene rings is 1. The van der Waals surface area contributed by atoms with Crippen LogP contribution in [0.3, 0.4) is 0 Å². The Bertz CT molecular complexity index is 374.